The van der Waals surface area contributed by atoms with Gasteiger partial charge in [0, 0.05) is 18.3 Å². The molecule has 0 saturated heterocycles. The minimum Gasteiger partial charge on any atom is -0.373 e. The van der Waals surface area contributed by atoms with Gasteiger partial charge in [-0.3, -0.25) is 0 Å². The van der Waals surface area contributed by atoms with Crippen LogP contribution >= 0.6 is 0 Å². The van der Waals surface area contributed by atoms with Gasteiger partial charge in [0.05, 0.1) is 11.6 Å². The number of aryl methyl sites for hydroxylation is 1. The van der Waals surface area contributed by atoms with E-state index in [-0.39, 0.29) is 0 Å². The van der Waals surface area contributed by atoms with Crippen LogP contribution in [0, 0.1) is 18.3 Å². The summed E-state index contributed by atoms with van der Waals surface area (Å²) in [6, 6.07) is 7.70. The molecule has 2 N–H and O–H groups in total. The smallest absolute Gasteiger partial charge is 0.139 e. The zero-order chi connectivity index (χ0) is 14.5. The molecule has 0 atom stereocenters. The minimum atomic E-state index is 0.624. The van der Waals surface area contributed by atoms with E-state index >= 15 is 0 Å². The molecular formula is C15H17N5. The van der Waals surface area contributed by atoms with Crippen LogP contribution in [0.4, 0.5) is 17.3 Å². The highest BCUT2D eigenvalue weighted by Crippen LogP contribution is 2.26. The van der Waals surface area contributed by atoms with Gasteiger partial charge in [0.25, 0.3) is 0 Å². The van der Waals surface area contributed by atoms with Crippen LogP contribution in [0.1, 0.15) is 23.6 Å². The first-order chi connectivity index (χ1) is 9.69. The van der Waals surface area contributed by atoms with Gasteiger partial charge in [0.1, 0.15) is 18.0 Å². The van der Waals surface area contributed by atoms with Crippen LogP contribution in [0.3, 0.4) is 0 Å². The Morgan fingerprint density at radius 3 is 2.65 bits per heavy atom. The number of nitriles is 1. The third-order valence-electron chi connectivity index (χ3n) is 3.16. The quantitative estimate of drug-likeness (QED) is 0.890. The molecule has 5 heteroatoms. The minimum absolute atomic E-state index is 0.624. The van der Waals surface area contributed by atoms with Gasteiger partial charge in [0.2, 0.25) is 0 Å². The number of anilines is 3. The summed E-state index contributed by atoms with van der Waals surface area (Å²) in [6.45, 7) is 4.05. The van der Waals surface area contributed by atoms with Crippen LogP contribution in [0.2, 0.25) is 0 Å². The van der Waals surface area contributed by atoms with Crippen molar-refractivity contribution in [1.29, 1.82) is 5.26 Å². The predicted octanol–water partition coefficient (Wildman–Crippen LogP) is 3.00. The zero-order valence-corrected chi connectivity index (χ0v) is 11.9. The SMILES string of the molecule is CCc1c(NC)ncnc1Nc1cc(C#N)ccc1C. The van der Waals surface area contributed by atoms with Gasteiger partial charge in [-0.1, -0.05) is 13.0 Å². The molecule has 2 rings (SSSR count). The van der Waals surface area contributed by atoms with Gasteiger partial charge in [-0.05, 0) is 31.0 Å². The Morgan fingerprint density at radius 1 is 1.25 bits per heavy atom. The number of nitrogens with zero attached hydrogens (tertiary/aromatic N) is 3. The first-order valence-corrected chi connectivity index (χ1v) is 6.49. The third kappa shape index (κ3) is 2.69. The normalized spacial score (nSPS) is 9.90. The average molecular weight is 267 g/mol. The number of aromatic nitrogens is 2. The molecule has 20 heavy (non-hydrogen) atoms. The highest BCUT2D eigenvalue weighted by atomic mass is 15.1. The summed E-state index contributed by atoms with van der Waals surface area (Å²) in [4.78, 5) is 8.52. The Hall–Kier alpha value is -2.61. The summed E-state index contributed by atoms with van der Waals surface area (Å²) < 4.78 is 0. The topological polar surface area (TPSA) is 73.6 Å². The number of benzene rings is 1. The van der Waals surface area contributed by atoms with E-state index in [2.05, 4.69) is 33.6 Å². The van der Waals surface area contributed by atoms with Crippen molar-refractivity contribution < 1.29 is 0 Å². The predicted molar refractivity (Wildman–Crippen MR) is 80.1 cm³/mol. The molecule has 0 spiro atoms. The molecule has 1 heterocycles. The maximum Gasteiger partial charge on any atom is 0.139 e. The van der Waals surface area contributed by atoms with Crippen LogP contribution in [-0.4, -0.2) is 17.0 Å². The standard InChI is InChI=1S/C15H17N5/c1-4-12-14(17-3)18-9-19-15(12)20-13-7-11(8-16)6-5-10(13)2/h5-7,9H,4H2,1-3H3,(H2,17,18,19,20). The first kappa shape index (κ1) is 13.8. The fraction of sp³-hybridized carbons (Fsp3) is 0.267. The van der Waals surface area contributed by atoms with Gasteiger partial charge in [-0.25, -0.2) is 9.97 Å². The number of nitrogens with one attached hydrogen (secondary N) is 2. The van der Waals surface area contributed by atoms with Crippen molar-refractivity contribution in [2.75, 3.05) is 17.7 Å². The fourth-order valence-electron chi connectivity index (χ4n) is 2.02. The Labute approximate surface area is 118 Å². The number of rotatable bonds is 4. The van der Waals surface area contributed by atoms with Crippen molar-refractivity contribution >= 4 is 17.3 Å². The van der Waals surface area contributed by atoms with Gasteiger partial charge in [0.15, 0.2) is 0 Å². The van der Waals surface area contributed by atoms with Gasteiger partial charge in [-0.15, -0.1) is 0 Å². The maximum absolute atomic E-state index is 8.99. The Bertz CT molecular complexity index is 658. The molecule has 1 aromatic heterocycles. The molecule has 0 bridgehead atoms. The van der Waals surface area contributed by atoms with Crippen LogP contribution in [0.15, 0.2) is 24.5 Å². The second-order valence-corrected chi connectivity index (χ2v) is 4.42. The lowest BCUT2D eigenvalue weighted by Gasteiger charge is -2.14. The van der Waals surface area contributed by atoms with E-state index in [1.165, 1.54) is 6.33 Å². The molecule has 0 aliphatic heterocycles. The summed E-state index contributed by atoms with van der Waals surface area (Å²) in [7, 11) is 1.84. The zero-order valence-electron chi connectivity index (χ0n) is 11.9. The van der Waals surface area contributed by atoms with Crippen LogP contribution in [0.5, 0.6) is 0 Å². The molecule has 0 aliphatic carbocycles. The van der Waals surface area contributed by atoms with Crippen molar-refractivity contribution in [3.05, 3.63) is 41.2 Å². The van der Waals surface area contributed by atoms with E-state index in [9.17, 15) is 0 Å². The van der Waals surface area contributed by atoms with Gasteiger partial charge in [-0.2, -0.15) is 5.26 Å². The molecule has 0 aliphatic rings. The molecule has 0 saturated carbocycles. The average Bonchev–Trinajstić information content (AvgIpc) is 2.49. The Kier molecular flexibility index (Phi) is 4.16. The Balaban J connectivity index is 2.42. The first-order valence-electron chi connectivity index (χ1n) is 6.49. The summed E-state index contributed by atoms with van der Waals surface area (Å²) in [5.74, 6) is 1.59. The van der Waals surface area contributed by atoms with Crippen molar-refractivity contribution in [2.24, 2.45) is 0 Å². The monoisotopic (exact) mass is 267 g/mol. The van der Waals surface area contributed by atoms with E-state index in [0.717, 1.165) is 34.9 Å². The lowest BCUT2D eigenvalue weighted by atomic mass is 10.1. The van der Waals surface area contributed by atoms with Crippen LogP contribution < -0.4 is 10.6 Å². The lowest BCUT2D eigenvalue weighted by Crippen LogP contribution is -2.05. The van der Waals surface area contributed by atoms with Crippen molar-refractivity contribution in [1.82, 2.24) is 9.97 Å². The molecule has 1 aromatic carbocycles. The largest absolute Gasteiger partial charge is 0.373 e. The number of hydrogen-bond donors (Lipinski definition) is 2. The molecule has 5 nitrogen and oxygen atoms in total. The fourth-order valence-corrected chi connectivity index (χ4v) is 2.02. The van der Waals surface area contributed by atoms with Crippen molar-refractivity contribution in [2.45, 2.75) is 20.3 Å². The van der Waals surface area contributed by atoms with E-state index in [1.807, 2.05) is 26.1 Å². The van der Waals surface area contributed by atoms with E-state index in [4.69, 9.17) is 5.26 Å². The van der Waals surface area contributed by atoms with E-state index in [1.54, 1.807) is 6.07 Å². The lowest BCUT2D eigenvalue weighted by molar-refractivity contribution is 1.05. The van der Waals surface area contributed by atoms with Gasteiger partial charge >= 0.3 is 0 Å². The second-order valence-electron chi connectivity index (χ2n) is 4.42. The summed E-state index contributed by atoms with van der Waals surface area (Å²) in [5, 5.41) is 15.4. The highest BCUT2D eigenvalue weighted by molar-refractivity contribution is 5.68. The van der Waals surface area contributed by atoms with Crippen LogP contribution in [0.25, 0.3) is 0 Å². The van der Waals surface area contributed by atoms with Gasteiger partial charge < -0.3 is 10.6 Å². The summed E-state index contributed by atoms with van der Waals surface area (Å²) in [6.07, 6.45) is 2.34. The summed E-state index contributed by atoms with van der Waals surface area (Å²) in [5.41, 5.74) is 3.60. The summed E-state index contributed by atoms with van der Waals surface area (Å²) >= 11 is 0. The van der Waals surface area contributed by atoms with E-state index < -0.39 is 0 Å². The maximum atomic E-state index is 8.99. The molecule has 102 valence electrons. The molecule has 0 unspecified atom stereocenters. The molecule has 0 fully saturated rings. The molecule has 2 aromatic rings. The van der Waals surface area contributed by atoms with Crippen LogP contribution in [-0.2, 0) is 6.42 Å². The highest BCUT2D eigenvalue weighted by Gasteiger charge is 2.10. The van der Waals surface area contributed by atoms with Crippen molar-refractivity contribution in [3.63, 3.8) is 0 Å². The Morgan fingerprint density at radius 2 is 2.00 bits per heavy atom. The third-order valence-corrected chi connectivity index (χ3v) is 3.16. The molecule has 0 radical (unpaired) electrons. The molecular weight excluding hydrogens is 250 g/mol. The van der Waals surface area contributed by atoms with E-state index in [0.29, 0.717) is 5.56 Å². The molecule has 0 amide bonds. The van der Waals surface area contributed by atoms with Crippen molar-refractivity contribution in [3.8, 4) is 6.07 Å². The number of hydrogen-bond acceptors (Lipinski definition) is 5. The second kappa shape index (κ2) is 6.02.